The predicted octanol–water partition coefficient (Wildman–Crippen LogP) is 2.08. The summed E-state index contributed by atoms with van der Waals surface area (Å²) >= 11 is 0. The van der Waals surface area contributed by atoms with Crippen LogP contribution in [0.25, 0.3) is 0 Å². The quantitative estimate of drug-likeness (QED) is 0.913. The number of carboxylic acids is 1. The summed E-state index contributed by atoms with van der Waals surface area (Å²) in [6, 6.07) is 8.96. The van der Waals surface area contributed by atoms with Gasteiger partial charge in [0, 0.05) is 32.5 Å². The summed E-state index contributed by atoms with van der Waals surface area (Å²) in [5.74, 6) is -0.494. The molecule has 2 fully saturated rings. The molecule has 6 nitrogen and oxygen atoms in total. The van der Waals surface area contributed by atoms with Crippen LogP contribution in [0.3, 0.4) is 0 Å². The van der Waals surface area contributed by atoms with E-state index in [4.69, 9.17) is 9.47 Å². The van der Waals surface area contributed by atoms with Crippen molar-refractivity contribution in [3.8, 4) is 5.75 Å². The number of rotatable bonds is 4. The van der Waals surface area contributed by atoms with Gasteiger partial charge < -0.3 is 19.5 Å². The summed E-state index contributed by atoms with van der Waals surface area (Å²) in [5, 5.41) is 9.68. The highest BCUT2D eigenvalue weighted by Gasteiger charge is 2.48. The molecule has 1 atom stereocenters. The van der Waals surface area contributed by atoms with E-state index in [1.165, 1.54) is 0 Å². The van der Waals surface area contributed by atoms with Crippen molar-refractivity contribution in [1.29, 1.82) is 0 Å². The molecule has 1 aromatic carbocycles. The standard InChI is InChI=1S/C18H23NO5/c1-17(8-5-13-23-17)15(20)19-11-9-18(10-12-19,16(21)22)24-14-6-3-2-4-7-14/h2-4,6-7H,5,8-13H2,1H3,(H,21,22)/t17-/m0/s1. The highest BCUT2D eigenvalue weighted by molar-refractivity contribution is 5.86. The van der Waals surface area contributed by atoms with E-state index in [2.05, 4.69) is 0 Å². The first-order valence-corrected chi connectivity index (χ1v) is 8.36. The fourth-order valence-electron chi connectivity index (χ4n) is 3.43. The molecule has 0 bridgehead atoms. The Morgan fingerprint density at radius 2 is 1.83 bits per heavy atom. The number of carbonyl (C=O) groups excluding carboxylic acids is 1. The maximum atomic E-state index is 12.7. The van der Waals surface area contributed by atoms with Gasteiger partial charge >= 0.3 is 5.97 Å². The number of para-hydroxylation sites is 1. The fraction of sp³-hybridized carbons (Fsp3) is 0.556. The summed E-state index contributed by atoms with van der Waals surface area (Å²) in [4.78, 5) is 26.2. The summed E-state index contributed by atoms with van der Waals surface area (Å²) < 4.78 is 11.4. The van der Waals surface area contributed by atoms with Crippen LogP contribution in [-0.2, 0) is 14.3 Å². The van der Waals surface area contributed by atoms with Gasteiger partial charge in [-0.05, 0) is 31.9 Å². The second-order valence-electron chi connectivity index (χ2n) is 6.69. The summed E-state index contributed by atoms with van der Waals surface area (Å²) in [6.45, 7) is 3.14. The molecule has 2 aliphatic heterocycles. The van der Waals surface area contributed by atoms with Crippen molar-refractivity contribution in [1.82, 2.24) is 4.90 Å². The molecule has 0 radical (unpaired) electrons. The van der Waals surface area contributed by atoms with E-state index in [1.807, 2.05) is 25.1 Å². The molecule has 2 saturated heterocycles. The molecule has 2 aliphatic rings. The molecule has 1 N–H and O–H groups in total. The number of carboxylic acid groups (broad SMARTS) is 1. The van der Waals surface area contributed by atoms with Crippen molar-refractivity contribution >= 4 is 11.9 Å². The van der Waals surface area contributed by atoms with Gasteiger partial charge in [0.15, 0.2) is 0 Å². The molecule has 1 amide bonds. The number of nitrogens with zero attached hydrogens (tertiary/aromatic N) is 1. The Balaban J connectivity index is 1.69. The third kappa shape index (κ3) is 3.11. The van der Waals surface area contributed by atoms with Crippen molar-refractivity contribution in [3.63, 3.8) is 0 Å². The fourth-order valence-corrected chi connectivity index (χ4v) is 3.43. The number of aliphatic carboxylic acids is 1. The summed E-state index contributed by atoms with van der Waals surface area (Å²) in [7, 11) is 0. The lowest BCUT2D eigenvalue weighted by molar-refractivity contribution is -0.166. The van der Waals surface area contributed by atoms with E-state index in [9.17, 15) is 14.7 Å². The summed E-state index contributed by atoms with van der Waals surface area (Å²) in [5.41, 5.74) is -2.04. The highest BCUT2D eigenvalue weighted by Crippen LogP contribution is 2.33. The molecule has 1 aromatic rings. The zero-order valence-electron chi connectivity index (χ0n) is 13.9. The molecule has 0 aliphatic carbocycles. The first-order chi connectivity index (χ1) is 11.5. The second kappa shape index (κ2) is 6.43. The molecule has 24 heavy (non-hydrogen) atoms. The van der Waals surface area contributed by atoms with E-state index >= 15 is 0 Å². The van der Waals surface area contributed by atoms with Gasteiger partial charge in [-0.25, -0.2) is 4.79 Å². The first-order valence-electron chi connectivity index (χ1n) is 8.36. The van der Waals surface area contributed by atoms with Gasteiger partial charge in [0.05, 0.1) is 0 Å². The third-order valence-electron chi connectivity index (χ3n) is 4.98. The van der Waals surface area contributed by atoms with Crippen LogP contribution in [0.5, 0.6) is 5.75 Å². The number of hydrogen-bond acceptors (Lipinski definition) is 4. The topological polar surface area (TPSA) is 76.1 Å². The van der Waals surface area contributed by atoms with Gasteiger partial charge in [0.2, 0.25) is 5.60 Å². The number of ether oxygens (including phenoxy) is 2. The van der Waals surface area contributed by atoms with Crippen LogP contribution in [0.4, 0.5) is 0 Å². The van der Waals surface area contributed by atoms with Crippen molar-refractivity contribution in [2.24, 2.45) is 0 Å². The Labute approximate surface area is 141 Å². The molecule has 2 heterocycles. The Morgan fingerprint density at radius 1 is 1.17 bits per heavy atom. The molecule has 0 unspecified atom stereocenters. The van der Waals surface area contributed by atoms with Gasteiger partial charge in [0.1, 0.15) is 11.4 Å². The van der Waals surface area contributed by atoms with Crippen LogP contribution in [0.2, 0.25) is 0 Å². The molecule has 6 heteroatoms. The molecule has 0 aromatic heterocycles. The van der Waals surface area contributed by atoms with E-state index in [1.54, 1.807) is 17.0 Å². The molecule has 0 saturated carbocycles. The van der Waals surface area contributed by atoms with Crippen molar-refractivity contribution in [2.45, 2.75) is 43.8 Å². The molecule has 130 valence electrons. The maximum Gasteiger partial charge on any atom is 0.348 e. The molecule has 3 rings (SSSR count). The first kappa shape index (κ1) is 16.8. The van der Waals surface area contributed by atoms with E-state index in [0.29, 0.717) is 31.9 Å². The van der Waals surface area contributed by atoms with Crippen LogP contribution in [-0.4, -0.2) is 52.8 Å². The zero-order valence-corrected chi connectivity index (χ0v) is 13.9. The third-order valence-corrected chi connectivity index (χ3v) is 4.98. The second-order valence-corrected chi connectivity index (χ2v) is 6.69. The lowest BCUT2D eigenvalue weighted by Crippen LogP contribution is -2.57. The monoisotopic (exact) mass is 333 g/mol. The van der Waals surface area contributed by atoms with Crippen molar-refractivity contribution < 1.29 is 24.2 Å². The Morgan fingerprint density at radius 3 is 2.38 bits per heavy atom. The average molecular weight is 333 g/mol. The molecular weight excluding hydrogens is 310 g/mol. The van der Waals surface area contributed by atoms with Gasteiger partial charge in [-0.3, -0.25) is 4.79 Å². The number of amides is 1. The van der Waals surface area contributed by atoms with Gasteiger partial charge in [-0.1, -0.05) is 18.2 Å². The average Bonchev–Trinajstić information content (AvgIpc) is 3.03. The number of likely N-dealkylation sites (tertiary alicyclic amines) is 1. The zero-order chi connectivity index (χ0) is 17.2. The largest absolute Gasteiger partial charge is 0.478 e. The highest BCUT2D eigenvalue weighted by atomic mass is 16.5. The number of hydrogen-bond donors (Lipinski definition) is 1. The van der Waals surface area contributed by atoms with E-state index in [-0.39, 0.29) is 18.7 Å². The van der Waals surface area contributed by atoms with Crippen LogP contribution in [0.15, 0.2) is 30.3 Å². The van der Waals surface area contributed by atoms with Gasteiger partial charge in [-0.2, -0.15) is 0 Å². The van der Waals surface area contributed by atoms with Crippen LogP contribution in [0.1, 0.15) is 32.6 Å². The van der Waals surface area contributed by atoms with E-state index in [0.717, 1.165) is 6.42 Å². The predicted molar refractivity (Wildman–Crippen MR) is 86.8 cm³/mol. The Bertz CT molecular complexity index is 601. The smallest absolute Gasteiger partial charge is 0.348 e. The van der Waals surface area contributed by atoms with E-state index < -0.39 is 17.2 Å². The minimum atomic E-state index is -1.28. The number of benzene rings is 1. The Kier molecular flexibility index (Phi) is 4.49. The van der Waals surface area contributed by atoms with Gasteiger partial charge in [0.25, 0.3) is 5.91 Å². The van der Waals surface area contributed by atoms with Gasteiger partial charge in [-0.15, -0.1) is 0 Å². The maximum absolute atomic E-state index is 12.7. The van der Waals surface area contributed by atoms with Crippen LogP contribution < -0.4 is 4.74 Å². The molecule has 0 spiro atoms. The minimum Gasteiger partial charge on any atom is -0.478 e. The lowest BCUT2D eigenvalue weighted by Gasteiger charge is -2.41. The number of piperidine rings is 1. The lowest BCUT2D eigenvalue weighted by atomic mass is 9.89. The molecular formula is C18H23NO5. The van der Waals surface area contributed by atoms with Crippen LogP contribution >= 0.6 is 0 Å². The minimum absolute atomic E-state index is 0.0429. The van der Waals surface area contributed by atoms with Crippen molar-refractivity contribution in [2.75, 3.05) is 19.7 Å². The Hall–Kier alpha value is -2.08. The van der Waals surface area contributed by atoms with Crippen molar-refractivity contribution in [3.05, 3.63) is 30.3 Å². The normalized spacial score (nSPS) is 26.1. The summed E-state index contributed by atoms with van der Waals surface area (Å²) in [6.07, 6.45) is 2.12. The van der Waals surface area contributed by atoms with Crippen LogP contribution in [0, 0.1) is 0 Å². The SMILES string of the molecule is C[C@@]1(C(=O)N2CCC(Oc3ccccc3)(C(=O)O)CC2)CCCO1. The number of carbonyl (C=O) groups is 2.